The minimum Gasteiger partial charge on any atom is -0.371 e. The number of hydrogen-bond acceptors (Lipinski definition) is 2. The molecule has 2 rings (SSSR count). The van der Waals surface area contributed by atoms with Crippen molar-refractivity contribution in [1.82, 2.24) is 5.32 Å². The van der Waals surface area contributed by atoms with Crippen molar-refractivity contribution in [2.45, 2.75) is 19.4 Å². The van der Waals surface area contributed by atoms with Crippen molar-refractivity contribution in [3.8, 4) is 0 Å². The molecule has 2 atom stereocenters. The molecule has 0 aliphatic carbocycles. The Morgan fingerprint density at radius 3 is 2.65 bits per heavy atom. The molecule has 0 spiro atoms. The van der Waals surface area contributed by atoms with Gasteiger partial charge in [0.25, 0.3) is 0 Å². The van der Waals surface area contributed by atoms with E-state index in [1.807, 2.05) is 7.05 Å². The molecule has 1 fully saturated rings. The van der Waals surface area contributed by atoms with Crippen LogP contribution in [0.4, 0.5) is 14.5 Å². The van der Waals surface area contributed by atoms with Gasteiger partial charge in [-0.15, -0.1) is 0 Å². The molecule has 0 bridgehead atoms. The van der Waals surface area contributed by atoms with Gasteiger partial charge < -0.3 is 10.2 Å². The summed E-state index contributed by atoms with van der Waals surface area (Å²) in [6.07, 6.45) is 1.02. The Kier molecular flexibility index (Phi) is 3.62. The van der Waals surface area contributed by atoms with E-state index in [2.05, 4.69) is 17.1 Å². The SMILES string of the molecule is CNC1CCN(c2ccc(F)c(F)c2)CC1C. The van der Waals surface area contributed by atoms with Crippen LogP contribution in [0.15, 0.2) is 18.2 Å². The molecule has 0 amide bonds. The third kappa shape index (κ3) is 2.57. The number of benzene rings is 1. The number of nitrogens with zero attached hydrogens (tertiary/aromatic N) is 1. The zero-order chi connectivity index (χ0) is 12.4. The fourth-order valence-electron chi connectivity index (χ4n) is 2.49. The van der Waals surface area contributed by atoms with Crippen LogP contribution in [-0.4, -0.2) is 26.2 Å². The van der Waals surface area contributed by atoms with Crippen LogP contribution in [-0.2, 0) is 0 Å². The van der Waals surface area contributed by atoms with Crippen LogP contribution < -0.4 is 10.2 Å². The lowest BCUT2D eigenvalue weighted by Crippen LogP contribution is -2.47. The molecule has 0 aromatic heterocycles. The Morgan fingerprint density at radius 1 is 1.29 bits per heavy atom. The predicted molar refractivity (Wildman–Crippen MR) is 65.2 cm³/mol. The zero-order valence-electron chi connectivity index (χ0n) is 10.2. The van der Waals surface area contributed by atoms with Crippen molar-refractivity contribution in [2.75, 3.05) is 25.0 Å². The van der Waals surface area contributed by atoms with Gasteiger partial charge in [0, 0.05) is 30.9 Å². The standard InChI is InChI=1S/C13H18F2N2/c1-9-8-17(6-5-13(9)16-2)10-3-4-11(14)12(15)7-10/h3-4,7,9,13,16H,5-6,8H2,1-2H3. The Balaban J connectivity index is 2.11. The summed E-state index contributed by atoms with van der Waals surface area (Å²) in [5.74, 6) is -1.06. The average molecular weight is 240 g/mol. The maximum atomic E-state index is 13.2. The molecular weight excluding hydrogens is 222 g/mol. The Morgan fingerprint density at radius 2 is 2.06 bits per heavy atom. The minimum atomic E-state index is -0.785. The molecular formula is C13H18F2N2. The first-order chi connectivity index (χ1) is 8.11. The Labute approximate surface area is 101 Å². The van der Waals surface area contributed by atoms with Gasteiger partial charge in [-0.3, -0.25) is 0 Å². The molecule has 1 aromatic rings. The highest BCUT2D eigenvalue weighted by atomic mass is 19.2. The first kappa shape index (κ1) is 12.3. The molecule has 1 N–H and O–H groups in total. The van der Waals surface area contributed by atoms with Gasteiger partial charge in [-0.1, -0.05) is 6.92 Å². The smallest absolute Gasteiger partial charge is 0.160 e. The highest BCUT2D eigenvalue weighted by Crippen LogP contribution is 2.24. The zero-order valence-corrected chi connectivity index (χ0v) is 10.2. The lowest BCUT2D eigenvalue weighted by atomic mass is 9.93. The largest absolute Gasteiger partial charge is 0.371 e. The fourth-order valence-corrected chi connectivity index (χ4v) is 2.49. The summed E-state index contributed by atoms with van der Waals surface area (Å²) in [5, 5.41) is 3.29. The van der Waals surface area contributed by atoms with Gasteiger partial charge in [0.1, 0.15) is 0 Å². The van der Waals surface area contributed by atoms with E-state index < -0.39 is 11.6 Å². The third-order valence-corrected chi connectivity index (χ3v) is 3.54. The van der Waals surface area contributed by atoms with Crippen LogP contribution >= 0.6 is 0 Å². The molecule has 1 aromatic carbocycles. The highest BCUT2D eigenvalue weighted by molar-refractivity contribution is 5.47. The molecule has 1 heterocycles. The summed E-state index contributed by atoms with van der Waals surface area (Å²) in [4.78, 5) is 2.11. The summed E-state index contributed by atoms with van der Waals surface area (Å²) in [5.41, 5.74) is 0.769. The molecule has 17 heavy (non-hydrogen) atoms. The molecule has 0 radical (unpaired) electrons. The Hall–Kier alpha value is -1.16. The summed E-state index contributed by atoms with van der Waals surface area (Å²) in [6, 6.07) is 4.63. The molecule has 0 saturated carbocycles. The molecule has 2 nitrogen and oxygen atoms in total. The second-order valence-electron chi connectivity index (χ2n) is 4.71. The molecule has 1 aliphatic rings. The van der Waals surface area contributed by atoms with Gasteiger partial charge in [-0.2, -0.15) is 0 Å². The lowest BCUT2D eigenvalue weighted by molar-refractivity contribution is 0.338. The van der Waals surface area contributed by atoms with Gasteiger partial charge in [0.2, 0.25) is 0 Å². The van der Waals surface area contributed by atoms with E-state index in [0.717, 1.165) is 25.2 Å². The molecule has 1 aliphatic heterocycles. The molecule has 4 heteroatoms. The summed E-state index contributed by atoms with van der Waals surface area (Å²) in [6.45, 7) is 3.92. The van der Waals surface area contributed by atoms with E-state index in [4.69, 9.17) is 0 Å². The topological polar surface area (TPSA) is 15.3 Å². The molecule has 2 unspecified atom stereocenters. The third-order valence-electron chi connectivity index (χ3n) is 3.54. The van der Waals surface area contributed by atoms with E-state index in [1.165, 1.54) is 12.1 Å². The summed E-state index contributed by atoms with van der Waals surface area (Å²) in [7, 11) is 1.97. The van der Waals surface area contributed by atoms with Gasteiger partial charge in [-0.05, 0) is 31.5 Å². The number of piperidine rings is 1. The van der Waals surface area contributed by atoms with E-state index >= 15 is 0 Å². The van der Waals surface area contributed by atoms with E-state index in [-0.39, 0.29) is 0 Å². The van der Waals surface area contributed by atoms with E-state index in [9.17, 15) is 8.78 Å². The monoisotopic (exact) mass is 240 g/mol. The maximum Gasteiger partial charge on any atom is 0.160 e. The summed E-state index contributed by atoms with van der Waals surface area (Å²) < 4.78 is 26.0. The first-order valence-electron chi connectivity index (χ1n) is 5.99. The van der Waals surface area contributed by atoms with Gasteiger partial charge >= 0.3 is 0 Å². The highest BCUT2D eigenvalue weighted by Gasteiger charge is 2.25. The van der Waals surface area contributed by atoms with Gasteiger partial charge in [0.15, 0.2) is 11.6 Å². The van der Waals surface area contributed by atoms with Crippen molar-refractivity contribution in [3.05, 3.63) is 29.8 Å². The number of rotatable bonds is 2. The van der Waals surface area contributed by atoms with Crippen LogP contribution in [0.5, 0.6) is 0 Å². The van der Waals surface area contributed by atoms with Crippen LogP contribution in [0.2, 0.25) is 0 Å². The van der Waals surface area contributed by atoms with Crippen molar-refractivity contribution in [2.24, 2.45) is 5.92 Å². The number of halogens is 2. The number of anilines is 1. The van der Waals surface area contributed by atoms with Crippen molar-refractivity contribution >= 4 is 5.69 Å². The minimum absolute atomic E-state index is 0.502. The van der Waals surface area contributed by atoms with Gasteiger partial charge in [0.05, 0.1) is 0 Å². The van der Waals surface area contributed by atoms with E-state index in [0.29, 0.717) is 12.0 Å². The predicted octanol–water partition coefficient (Wildman–Crippen LogP) is 2.40. The quantitative estimate of drug-likeness (QED) is 0.854. The number of hydrogen-bond donors (Lipinski definition) is 1. The molecule has 94 valence electrons. The van der Waals surface area contributed by atoms with Crippen LogP contribution in [0.3, 0.4) is 0 Å². The Bertz CT molecular complexity index is 395. The van der Waals surface area contributed by atoms with Crippen LogP contribution in [0.25, 0.3) is 0 Å². The number of nitrogens with one attached hydrogen (secondary N) is 1. The van der Waals surface area contributed by atoms with Crippen LogP contribution in [0.1, 0.15) is 13.3 Å². The summed E-state index contributed by atoms with van der Waals surface area (Å²) >= 11 is 0. The fraction of sp³-hybridized carbons (Fsp3) is 0.538. The second-order valence-corrected chi connectivity index (χ2v) is 4.71. The first-order valence-corrected chi connectivity index (χ1v) is 5.99. The van der Waals surface area contributed by atoms with Gasteiger partial charge in [-0.25, -0.2) is 8.78 Å². The van der Waals surface area contributed by atoms with Crippen molar-refractivity contribution in [1.29, 1.82) is 0 Å². The van der Waals surface area contributed by atoms with Crippen molar-refractivity contribution in [3.63, 3.8) is 0 Å². The maximum absolute atomic E-state index is 13.2. The molecule has 1 saturated heterocycles. The normalized spacial score (nSPS) is 25.1. The lowest BCUT2D eigenvalue weighted by Gasteiger charge is -2.38. The van der Waals surface area contributed by atoms with E-state index in [1.54, 1.807) is 6.07 Å². The van der Waals surface area contributed by atoms with Crippen molar-refractivity contribution < 1.29 is 8.78 Å². The average Bonchev–Trinajstić information content (AvgIpc) is 2.32. The van der Waals surface area contributed by atoms with Crippen LogP contribution in [0, 0.1) is 17.6 Å². The second kappa shape index (κ2) is 5.00.